The van der Waals surface area contributed by atoms with Crippen molar-refractivity contribution >= 4 is 17.6 Å². The molecule has 2 fully saturated rings. The van der Waals surface area contributed by atoms with Crippen LogP contribution in [0.15, 0.2) is 24.3 Å². The minimum atomic E-state index is -0.329. The van der Waals surface area contributed by atoms with Crippen molar-refractivity contribution in [2.75, 3.05) is 24.5 Å². The van der Waals surface area contributed by atoms with Crippen molar-refractivity contribution in [2.24, 2.45) is 0 Å². The number of halogens is 1. The molecule has 1 aliphatic carbocycles. The number of benzene rings is 1. The highest BCUT2D eigenvalue weighted by Gasteiger charge is 2.31. The van der Waals surface area contributed by atoms with E-state index in [0.29, 0.717) is 18.8 Å². The van der Waals surface area contributed by atoms with E-state index in [1.54, 1.807) is 21.9 Å². The maximum Gasteiger partial charge on any atom is 0.325 e. The first-order valence-electron chi connectivity index (χ1n) is 8.75. The Bertz CT molecular complexity index is 582. The molecule has 0 aromatic heterocycles. The lowest BCUT2D eigenvalue weighted by Crippen LogP contribution is -2.43. The first-order valence-corrected chi connectivity index (χ1v) is 8.75. The van der Waals surface area contributed by atoms with Gasteiger partial charge in [-0.05, 0) is 37.1 Å². The van der Waals surface area contributed by atoms with Gasteiger partial charge in [-0.1, -0.05) is 25.7 Å². The second kappa shape index (κ2) is 7.64. The van der Waals surface area contributed by atoms with Crippen LogP contribution in [0.1, 0.15) is 38.5 Å². The molecule has 1 saturated carbocycles. The lowest BCUT2D eigenvalue weighted by molar-refractivity contribution is -0.122. The van der Waals surface area contributed by atoms with Crippen LogP contribution in [0.2, 0.25) is 0 Å². The normalized spacial score (nSPS) is 19.5. The maximum absolute atomic E-state index is 13.0. The van der Waals surface area contributed by atoms with E-state index in [9.17, 15) is 14.0 Å². The summed E-state index contributed by atoms with van der Waals surface area (Å²) >= 11 is 0. The number of carbonyl (C=O) groups is 2. The second-order valence-corrected chi connectivity index (χ2v) is 6.59. The third-order valence-electron chi connectivity index (χ3n) is 4.79. The van der Waals surface area contributed by atoms with Crippen LogP contribution in [0.5, 0.6) is 0 Å². The summed E-state index contributed by atoms with van der Waals surface area (Å²) in [6, 6.07) is 5.89. The van der Waals surface area contributed by atoms with Crippen LogP contribution in [0.25, 0.3) is 0 Å². The fourth-order valence-electron chi connectivity index (χ4n) is 3.46. The Hall–Kier alpha value is -2.11. The van der Waals surface area contributed by atoms with Crippen LogP contribution in [-0.2, 0) is 4.79 Å². The summed E-state index contributed by atoms with van der Waals surface area (Å²) in [6.45, 7) is 1.11. The zero-order valence-corrected chi connectivity index (χ0v) is 13.8. The number of carbonyl (C=O) groups excluding carboxylic acids is 2. The number of nitrogens with one attached hydrogen (secondary N) is 1. The quantitative estimate of drug-likeness (QED) is 0.862. The Morgan fingerprint density at radius 2 is 1.75 bits per heavy atom. The van der Waals surface area contributed by atoms with Gasteiger partial charge >= 0.3 is 6.03 Å². The molecular formula is C18H24FN3O2. The van der Waals surface area contributed by atoms with Crippen LogP contribution < -0.4 is 10.2 Å². The van der Waals surface area contributed by atoms with Crippen molar-refractivity contribution in [3.05, 3.63) is 30.1 Å². The number of amides is 3. The number of hydrogen-bond donors (Lipinski definition) is 1. The van der Waals surface area contributed by atoms with E-state index < -0.39 is 0 Å². The Kier molecular flexibility index (Phi) is 5.33. The van der Waals surface area contributed by atoms with Gasteiger partial charge in [0.2, 0.25) is 5.91 Å². The second-order valence-electron chi connectivity index (χ2n) is 6.59. The summed E-state index contributed by atoms with van der Waals surface area (Å²) in [5, 5.41) is 3.07. The van der Waals surface area contributed by atoms with Gasteiger partial charge in [0.25, 0.3) is 0 Å². The molecule has 1 heterocycles. The van der Waals surface area contributed by atoms with E-state index in [0.717, 1.165) is 25.7 Å². The van der Waals surface area contributed by atoms with Crippen LogP contribution in [0.4, 0.5) is 14.9 Å². The van der Waals surface area contributed by atoms with Crippen molar-refractivity contribution in [1.29, 1.82) is 0 Å². The largest absolute Gasteiger partial charge is 0.352 e. The molecule has 0 atom stereocenters. The highest BCUT2D eigenvalue weighted by molar-refractivity contribution is 5.96. The van der Waals surface area contributed by atoms with E-state index in [1.165, 1.54) is 25.0 Å². The molecule has 24 heavy (non-hydrogen) atoms. The Labute approximate surface area is 141 Å². The topological polar surface area (TPSA) is 52.7 Å². The highest BCUT2D eigenvalue weighted by Crippen LogP contribution is 2.21. The fraction of sp³-hybridized carbons (Fsp3) is 0.556. The molecule has 3 amide bonds. The lowest BCUT2D eigenvalue weighted by Gasteiger charge is -2.21. The van der Waals surface area contributed by atoms with Crippen molar-refractivity contribution < 1.29 is 14.0 Å². The van der Waals surface area contributed by atoms with E-state index in [2.05, 4.69) is 5.32 Å². The lowest BCUT2D eigenvalue weighted by atomic mass is 10.1. The number of hydrogen-bond acceptors (Lipinski definition) is 2. The molecule has 0 unspecified atom stereocenters. The Balaban J connectivity index is 1.53. The van der Waals surface area contributed by atoms with Crippen LogP contribution in [0.3, 0.4) is 0 Å². The summed E-state index contributed by atoms with van der Waals surface area (Å²) < 4.78 is 13.0. The standard InChI is InChI=1S/C18H24FN3O2/c19-14-7-9-16(10-8-14)22-12-11-21(18(22)24)13-17(23)20-15-5-3-1-2-4-6-15/h7-10,15H,1-6,11-13H2,(H,20,23). The predicted octanol–water partition coefficient (Wildman–Crippen LogP) is 2.91. The molecule has 1 aliphatic heterocycles. The van der Waals surface area contributed by atoms with E-state index in [-0.39, 0.29) is 30.3 Å². The molecule has 1 aromatic carbocycles. The smallest absolute Gasteiger partial charge is 0.325 e. The third-order valence-corrected chi connectivity index (χ3v) is 4.79. The van der Waals surface area contributed by atoms with Gasteiger partial charge in [-0.25, -0.2) is 9.18 Å². The molecule has 130 valence electrons. The first-order chi connectivity index (χ1) is 11.6. The molecule has 5 nitrogen and oxygen atoms in total. The predicted molar refractivity (Wildman–Crippen MR) is 90.3 cm³/mol. The minimum absolute atomic E-state index is 0.0868. The van der Waals surface area contributed by atoms with Crippen molar-refractivity contribution in [3.8, 4) is 0 Å². The highest BCUT2D eigenvalue weighted by atomic mass is 19.1. The summed E-state index contributed by atoms with van der Waals surface area (Å²) in [6.07, 6.45) is 6.86. The monoisotopic (exact) mass is 333 g/mol. The summed E-state index contributed by atoms with van der Waals surface area (Å²) in [4.78, 5) is 27.8. The minimum Gasteiger partial charge on any atom is -0.352 e. The zero-order chi connectivity index (χ0) is 16.9. The number of rotatable bonds is 4. The molecule has 3 rings (SSSR count). The van der Waals surface area contributed by atoms with E-state index in [4.69, 9.17) is 0 Å². The summed E-state index contributed by atoms with van der Waals surface area (Å²) in [5.74, 6) is -0.416. The Morgan fingerprint density at radius 1 is 1.08 bits per heavy atom. The number of anilines is 1. The maximum atomic E-state index is 13.0. The van der Waals surface area contributed by atoms with Crippen molar-refractivity contribution in [1.82, 2.24) is 10.2 Å². The number of urea groups is 1. The van der Waals surface area contributed by atoms with Crippen LogP contribution >= 0.6 is 0 Å². The van der Waals surface area contributed by atoms with Gasteiger partial charge in [-0.3, -0.25) is 9.69 Å². The summed E-state index contributed by atoms with van der Waals surface area (Å²) in [5.41, 5.74) is 0.660. The van der Waals surface area contributed by atoms with Gasteiger partial charge in [0, 0.05) is 24.8 Å². The van der Waals surface area contributed by atoms with Crippen LogP contribution in [-0.4, -0.2) is 42.5 Å². The Morgan fingerprint density at radius 3 is 2.42 bits per heavy atom. The molecule has 2 aliphatic rings. The molecule has 6 heteroatoms. The molecule has 0 spiro atoms. The van der Waals surface area contributed by atoms with Crippen molar-refractivity contribution in [3.63, 3.8) is 0 Å². The van der Waals surface area contributed by atoms with Gasteiger partial charge in [0.05, 0.1) is 0 Å². The summed E-state index contributed by atoms with van der Waals surface area (Å²) in [7, 11) is 0. The van der Waals surface area contributed by atoms with E-state index in [1.807, 2.05) is 0 Å². The third kappa shape index (κ3) is 4.04. The fourth-order valence-corrected chi connectivity index (χ4v) is 3.46. The van der Waals surface area contributed by atoms with Gasteiger partial charge in [-0.15, -0.1) is 0 Å². The van der Waals surface area contributed by atoms with Gasteiger partial charge < -0.3 is 10.2 Å². The van der Waals surface area contributed by atoms with Gasteiger partial charge in [0.15, 0.2) is 0 Å². The van der Waals surface area contributed by atoms with Crippen LogP contribution in [0, 0.1) is 5.82 Å². The molecule has 0 bridgehead atoms. The first kappa shape index (κ1) is 16.7. The molecule has 1 aromatic rings. The molecule has 1 saturated heterocycles. The van der Waals surface area contributed by atoms with E-state index >= 15 is 0 Å². The molecule has 0 radical (unpaired) electrons. The number of nitrogens with zero attached hydrogens (tertiary/aromatic N) is 2. The molecular weight excluding hydrogens is 309 g/mol. The SMILES string of the molecule is O=C(CN1CCN(c2ccc(F)cc2)C1=O)NC1CCCCCC1. The average molecular weight is 333 g/mol. The zero-order valence-electron chi connectivity index (χ0n) is 13.8. The van der Waals surface area contributed by atoms with Gasteiger partial charge in [-0.2, -0.15) is 0 Å². The van der Waals surface area contributed by atoms with Gasteiger partial charge in [0.1, 0.15) is 12.4 Å². The average Bonchev–Trinajstić information content (AvgIpc) is 2.76. The molecule has 1 N–H and O–H groups in total. The van der Waals surface area contributed by atoms with Crippen molar-refractivity contribution in [2.45, 2.75) is 44.6 Å².